The summed E-state index contributed by atoms with van der Waals surface area (Å²) in [7, 11) is 0. The van der Waals surface area contributed by atoms with Crippen LogP contribution in [-0.4, -0.2) is 35.5 Å². The summed E-state index contributed by atoms with van der Waals surface area (Å²) in [5.74, 6) is 0.513. The van der Waals surface area contributed by atoms with E-state index in [1.54, 1.807) is 6.07 Å². The fourth-order valence-electron chi connectivity index (χ4n) is 1.99. The first-order valence-corrected chi connectivity index (χ1v) is 6.83. The maximum atomic E-state index is 9.92. The third-order valence-electron chi connectivity index (χ3n) is 3.04. The number of phenolic OH excluding ortho intramolecular Hbond substituents is 1. The van der Waals surface area contributed by atoms with E-state index >= 15 is 0 Å². The first kappa shape index (κ1) is 14.6. The number of benzene rings is 2. The van der Waals surface area contributed by atoms with E-state index in [1.165, 1.54) is 0 Å². The summed E-state index contributed by atoms with van der Waals surface area (Å²) in [5, 5.41) is 24.8. The molecule has 0 aliphatic carbocycles. The summed E-state index contributed by atoms with van der Waals surface area (Å²) in [6, 6.07) is 11.4. The maximum Gasteiger partial charge on any atom is 0.168 e. The highest BCUT2D eigenvalue weighted by Gasteiger charge is 2.11. The third-order valence-corrected chi connectivity index (χ3v) is 3.04. The second-order valence-electron chi connectivity index (χ2n) is 5.16. The van der Waals surface area contributed by atoms with E-state index in [0.717, 1.165) is 10.8 Å². The van der Waals surface area contributed by atoms with Gasteiger partial charge in [-0.05, 0) is 11.5 Å². The van der Waals surface area contributed by atoms with Gasteiger partial charge < -0.3 is 20.3 Å². The van der Waals surface area contributed by atoms with E-state index in [0.29, 0.717) is 18.3 Å². The quantitative estimate of drug-likeness (QED) is 0.757. The molecular weight excluding hydrogens is 254 g/mol. The summed E-state index contributed by atoms with van der Waals surface area (Å²) in [6.45, 7) is 4.64. The van der Waals surface area contributed by atoms with Crippen molar-refractivity contribution in [2.75, 3.05) is 13.2 Å². The van der Waals surface area contributed by atoms with Gasteiger partial charge in [-0.15, -0.1) is 0 Å². The molecule has 20 heavy (non-hydrogen) atoms. The van der Waals surface area contributed by atoms with Gasteiger partial charge in [-0.3, -0.25) is 0 Å². The van der Waals surface area contributed by atoms with Crippen molar-refractivity contribution < 1.29 is 14.9 Å². The van der Waals surface area contributed by atoms with Crippen LogP contribution in [0, 0.1) is 0 Å². The van der Waals surface area contributed by atoms with Gasteiger partial charge in [0.1, 0.15) is 12.7 Å². The zero-order valence-corrected chi connectivity index (χ0v) is 11.8. The van der Waals surface area contributed by atoms with Crippen molar-refractivity contribution >= 4 is 10.8 Å². The fourth-order valence-corrected chi connectivity index (χ4v) is 1.99. The van der Waals surface area contributed by atoms with E-state index < -0.39 is 6.10 Å². The van der Waals surface area contributed by atoms with Crippen molar-refractivity contribution in [3.8, 4) is 11.5 Å². The lowest BCUT2D eigenvalue weighted by molar-refractivity contribution is 0.104. The number of aliphatic hydroxyl groups excluding tert-OH is 1. The number of ether oxygens (including phenoxy) is 1. The van der Waals surface area contributed by atoms with Crippen LogP contribution >= 0.6 is 0 Å². The lowest BCUT2D eigenvalue weighted by Crippen LogP contribution is -2.35. The molecule has 4 heteroatoms. The monoisotopic (exact) mass is 275 g/mol. The molecule has 0 saturated carbocycles. The Hall–Kier alpha value is -1.78. The maximum absolute atomic E-state index is 9.92. The second-order valence-corrected chi connectivity index (χ2v) is 5.16. The molecule has 0 unspecified atom stereocenters. The Kier molecular flexibility index (Phi) is 4.82. The number of nitrogens with one attached hydrogen (secondary N) is 1. The molecule has 0 amide bonds. The zero-order chi connectivity index (χ0) is 14.5. The van der Waals surface area contributed by atoms with Crippen LogP contribution in [0.2, 0.25) is 0 Å². The fraction of sp³-hybridized carbons (Fsp3) is 0.375. The summed E-state index contributed by atoms with van der Waals surface area (Å²) in [5.41, 5.74) is 0. The minimum Gasteiger partial charge on any atom is -0.504 e. The molecule has 0 spiro atoms. The topological polar surface area (TPSA) is 61.7 Å². The summed E-state index contributed by atoms with van der Waals surface area (Å²) in [4.78, 5) is 0. The average molecular weight is 275 g/mol. The number of aromatic hydroxyl groups is 1. The minimum absolute atomic E-state index is 0.0905. The molecule has 2 aromatic carbocycles. The van der Waals surface area contributed by atoms with Gasteiger partial charge in [0.2, 0.25) is 0 Å². The molecule has 108 valence electrons. The van der Waals surface area contributed by atoms with Crippen LogP contribution in [0.4, 0.5) is 0 Å². The molecule has 0 heterocycles. The van der Waals surface area contributed by atoms with E-state index in [-0.39, 0.29) is 12.4 Å². The Morgan fingerprint density at radius 1 is 1.15 bits per heavy atom. The number of hydrogen-bond donors (Lipinski definition) is 3. The SMILES string of the molecule is CC(C)NC[C@@H](O)COc1c(O)ccc2ccccc12. The number of aliphatic hydroxyl groups is 1. The number of hydrogen-bond acceptors (Lipinski definition) is 4. The second kappa shape index (κ2) is 6.59. The van der Waals surface area contributed by atoms with Gasteiger partial charge in [-0.1, -0.05) is 44.2 Å². The first-order valence-electron chi connectivity index (χ1n) is 6.83. The number of phenols is 1. The molecule has 4 nitrogen and oxygen atoms in total. The van der Waals surface area contributed by atoms with Crippen molar-refractivity contribution in [2.24, 2.45) is 0 Å². The van der Waals surface area contributed by atoms with E-state index in [1.807, 2.05) is 44.2 Å². The normalized spacial score (nSPS) is 12.8. The highest BCUT2D eigenvalue weighted by molar-refractivity contribution is 5.90. The van der Waals surface area contributed by atoms with Crippen LogP contribution in [0.1, 0.15) is 13.8 Å². The number of rotatable bonds is 6. The van der Waals surface area contributed by atoms with E-state index in [4.69, 9.17) is 4.74 Å². The van der Waals surface area contributed by atoms with Crippen LogP contribution < -0.4 is 10.1 Å². The highest BCUT2D eigenvalue weighted by Crippen LogP contribution is 2.34. The Morgan fingerprint density at radius 2 is 1.90 bits per heavy atom. The van der Waals surface area contributed by atoms with Crippen molar-refractivity contribution in [2.45, 2.75) is 26.0 Å². The molecule has 0 aliphatic rings. The van der Waals surface area contributed by atoms with Gasteiger partial charge in [0.05, 0.1) is 0 Å². The zero-order valence-electron chi connectivity index (χ0n) is 11.8. The van der Waals surface area contributed by atoms with Crippen LogP contribution in [-0.2, 0) is 0 Å². The van der Waals surface area contributed by atoms with Gasteiger partial charge in [0, 0.05) is 18.0 Å². The number of fused-ring (bicyclic) bond motifs is 1. The molecule has 2 aromatic rings. The van der Waals surface area contributed by atoms with Gasteiger partial charge >= 0.3 is 0 Å². The van der Waals surface area contributed by atoms with Gasteiger partial charge in [-0.2, -0.15) is 0 Å². The first-order chi connectivity index (χ1) is 9.58. The lowest BCUT2D eigenvalue weighted by atomic mass is 10.1. The highest BCUT2D eigenvalue weighted by atomic mass is 16.5. The molecular formula is C16H21NO3. The van der Waals surface area contributed by atoms with Gasteiger partial charge in [-0.25, -0.2) is 0 Å². The van der Waals surface area contributed by atoms with Crippen molar-refractivity contribution in [1.29, 1.82) is 0 Å². The molecule has 0 radical (unpaired) electrons. The molecule has 0 saturated heterocycles. The van der Waals surface area contributed by atoms with Crippen LogP contribution in [0.15, 0.2) is 36.4 Å². The summed E-state index contributed by atoms with van der Waals surface area (Å²) >= 11 is 0. The van der Waals surface area contributed by atoms with Gasteiger partial charge in [0.25, 0.3) is 0 Å². The molecule has 0 aliphatic heterocycles. The minimum atomic E-state index is -0.615. The van der Waals surface area contributed by atoms with Crippen molar-refractivity contribution in [3.63, 3.8) is 0 Å². The molecule has 3 N–H and O–H groups in total. The molecule has 0 bridgehead atoms. The average Bonchev–Trinajstić information content (AvgIpc) is 2.44. The summed E-state index contributed by atoms with van der Waals surface area (Å²) in [6.07, 6.45) is -0.615. The van der Waals surface area contributed by atoms with Crippen molar-refractivity contribution in [1.82, 2.24) is 5.32 Å². The standard InChI is InChI=1S/C16H21NO3/c1-11(2)17-9-13(18)10-20-16-14-6-4-3-5-12(14)7-8-15(16)19/h3-8,11,13,17-19H,9-10H2,1-2H3/t13-/m1/s1. The Morgan fingerprint density at radius 3 is 2.65 bits per heavy atom. The Bertz CT molecular complexity index is 569. The van der Waals surface area contributed by atoms with Crippen molar-refractivity contribution in [3.05, 3.63) is 36.4 Å². The van der Waals surface area contributed by atoms with Gasteiger partial charge in [0.15, 0.2) is 11.5 Å². The Balaban J connectivity index is 2.07. The van der Waals surface area contributed by atoms with E-state index in [9.17, 15) is 10.2 Å². The molecule has 2 rings (SSSR count). The largest absolute Gasteiger partial charge is 0.504 e. The smallest absolute Gasteiger partial charge is 0.168 e. The predicted octanol–water partition coefficient (Wildman–Crippen LogP) is 2.28. The van der Waals surface area contributed by atoms with Crippen LogP contribution in [0.25, 0.3) is 10.8 Å². The Labute approximate surface area is 119 Å². The van der Waals surface area contributed by atoms with Crippen LogP contribution in [0.5, 0.6) is 11.5 Å². The lowest BCUT2D eigenvalue weighted by Gasteiger charge is -2.16. The predicted molar refractivity (Wildman–Crippen MR) is 80.3 cm³/mol. The molecule has 0 aromatic heterocycles. The van der Waals surface area contributed by atoms with Crippen LogP contribution in [0.3, 0.4) is 0 Å². The van der Waals surface area contributed by atoms with E-state index in [2.05, 4.69) is 5.32 Å². The molecule has 1 atom stereocenters. The third kappa shape index (κ3) is 3.62. The molecule has 0 fully saturated rings. The summed E-state index contributed by atoms with van der Waals surface area (Å²) < 4.78 is 5.60.